The summed E-state index contributed by atoms with van der Waals surface area (Å²) >= 11 is 0. The van der Waals surface area contributed by atoms with Crippen molar-refractivity contribution >= 4 is 11.6 Å². The molecule has 4 rings (SSSR count). The zero-order chi connectivity index (χ0) is 19.9. The number of nitrogens with one attached hydrogen (secondary N) is 2. The third-order valence-corrected chi connectivity index (χ3v) is 6.01. The quantitative estimate of drug-likeness (QED) is 0.800. The highest BCUT2D eigenvalue weighted by Crippen LogP contribution is 2.45. The molecule has 5 nitrogen and oxygen atoms in total. The minimum Gasteiger partial charge on any atom is -0.319 e. The van der Waals surface area contributed by atoms with Crippen molar-refractivity contribution in [3.05, 3.63) is 35.9 Å². The van der Waals surface area contributed by atoms with E-state index in [1.165, 1.54) is 12.3 Å². The number of anilines is 1. The molecule has 3 unspecified atom stereocenters. The average Bonchev–Trinajstić information content (AvgIpc) is 3.29. The average molecular weight is 394 g/mol. The minimum absolute atomic E-state index is 0.0575. The molecule has 2 N–H and O–H groups in total. The molecule has 28 heavy (non-hydrogen) atoms. The predicted molar refractivity (Wildman–Crippen MR) is 99.5 cm³/mol. The molecule has 1 aromatic heterocycles. The smallest absolute Gasteiger partial charge is 0.254 e. The van der Waals surface area contributed by atoms with Gasteiger partial charge < -0.3 is 10.6 Å². The third-order valence-electron chi connectivity index (χ3n) is 6.01. The molecule has 1 aromatic rings. The lowest BCUT2D eigenvalue weighted by Crippen LogP contribution is -2.39. The normalized spacial score (nSPS) is 29.8. The fourth-order valence-corrected chi connectivity index (χ4v) is 4.29. The molecular formula is C20H25F3N4O. The molecular weight excluding hydrogens is 369 g/mol. The number of alkyl halides is 2. The lowest BCUT2D eigenvalue weighted by atomic mass is 9.88. The minimum atomic E-state index is -2.52. The Bertz CT molecular complexity index is 806. The van der Waals surface area contributed by atoms with Crippen LogP contribution in [0.5, 0.6) is 0 Å². The van der Waals surface area contributed by atoms with E-state index < -0.39 is 17.7 Å². The number of hydrogen-bond acceptors (Lipinski definition) is 3. The first kappa shape index (κ1) is 19.2. The van der Waals surface area contributed by atoms with Crippen molar-refractivity contribution < 1.29 is 18.0 Å². The molecule has 0 radical (unpaired) electrons. The molecule has 3 atom stereocenters. The van der Waals surface area contributed by atoms with Crippen LogP contribution in [0.15, 0.2) is 35.9 Å². The lowest BCUT2D eigenvalue weighted by molar-refractivity contribution is -0.113. The third kappa shape index (κ3) is 4.32. The Balaban J connectivity index is 1.30. The van der Waals surface area contributed by atoms with Gasteiger partial charge in [-0.3, -0.25) is 9.48 Å². The molecule has 1 heterocycles. The molecule has 0 spiro atoms. The molecule has 2 saturated carbocycles. The number of halogens is 3. The summed E-state index contributed by atoms with van der Waals surface area (Å²) in [5, 5.41) is 10.2. The number of allylic oxidation sites excluding steroid dienone is 3. The van der Waals surface area contributed by atoms with Gasteiger partial charge in [0.05, 0.1) is 17.5 Å². The highest BCUT2D eigenvalue weighted by molar-refractivity contribution is 6.04. The molecule has 0 aromatic carbocycles. The summed E-state index contributed by atoms with van der Waals surface area (Å²) in [6, 6.07) is 0.387. The highest BCUT2D eigenvalue weighted by Gasteiger charge is 2.45. The zero-order valence-corrected chi connectivity index (χ0v) is 15.8. The predicted octanol–water partition coefficient (Wildman–Crippen LogP) is 3.71. The number of rotatable bonds is 5. The topological polar surface area (TPSA) is 59.0 Å². The molecule has 2 fully saturated rings. The van der Waals surface area contributed by atoms with E-state index in [1.54, 1.807) is 17.9 Å². The van der Waals surface area contributed by atoms with Crippen LogP contribution >= 0.6 is 0 Å². The van der Waals surface area contributed by atoms with Gasteiger partial charge in [-0.15, -0.1) is 0 Å². The van der Waals surface area contributed by atoms with Crippen molar-refractivity contribution in [3.63, 3.8) is 0 Å². The molecule has 3 aliphatic rings. The fraction of sp³-hybridized carbons (Fsp3) is 0.600. The first-order valence-corrected chi connectivity index (χ1v) is 9.81. The molecule has 0 saturated heterocycles. The van der Waals surface area contributed by atoms with Gasteiger partial charge in [0.15, 0.2) is 0 Å². The van der Waals surface area contributed by atoms with E-state index in [0.29, 0.717) is 30.9 Å². The van der Waals surface area contributed by atoms with Crippen molar-refractivity contribution in [2.75, 3.05) is 5.32 Å². The largest absolute Gasteiger partial charge is 0.319 e. The molecule has 1 amide bonds. The van der Waals surface area contributed by atoms with Crippen LogP contribution in [0.2, 0.25) is 0 Å². The maximum absolute atomic E-state index is 14.2. The van der Waals surface area contributed by atoms with E-state index in [2.05, 4.69) is 15.7 Å². The Hall–Kier alpha value is -2.09. The fourth-order valence-electron chi connectivity index (χ4n) is 4.29. The van der Waals surface area contributed by atoms with Crippen LogP contribution in [0, 0.1) is 11.8 Å². The summed E-state index contributed by atoms with van der Waals surface area (Å²) < 4.78 is 42.4. The number of hydrogen-bond donors (Lipinski definition) is 2. The van der Waals surface area contributed by atoms with Crippen LogP contribution in [0.1, 0.15) is 38.5 Å². The van der Waals surface area contributed by atoms with Gasteiger partial charge in [-0.2, -0.15) is 5.10 Å². The summed E-state index contributed by atoms with van der Waals surface area (Å²) in [6.45, 7) is 0. The summed E-state index contributed by atoms with van der Waals surface area (Å²) in [6.07, 6.45) is 8.52. The number of carbonyl (C=O) groups excluding carboxylic acids is 1. The van der Waals surface area contributed by atoms with Gasteiger partial charge in [-0.25, -0.2) is 13.2 Å². The van der Waals surface area contributed by atoms with Crippen LogP contribution in [0.25, 0.3) is 0 Å². The van der Waals surface area contributed by atoms with Crippen LogP contribution in [-0.2, 0) is 11.8 Å². The summed E-state index contributed by atoms with van der Waals surface area (Å²) in [4.78, 5) is 12.5. The van der Waals surface area contributed by atoms with Gasteiger partial charge in [-0.05, 0) is 43.6 Å². The molecule has 3 aliphatic carbocycles. The van der Waals surface area contributed by atoms with E-state index >= 15 is 0 Å². The lowest BCUT2D eigenvalue weighted by Gasteiger charge is -2.29. The van der Waals surface area contributed by atoms with Gasteiger partial charge in [0.2, 0.25) is 5.92 Å². The SMILES string of the molecule is Cn1cc(NC(=O)C2=C(F)C=CC(C3CC3NC3CCC(F)(F)CC3)C2)cn1. The number of aromatic nitrogens is 2. The van der Waals surface area contributed by atoms with Gasteiger partial charge in [0, 0.05) is 38.2 Å². The highest BCUT2D eigenvalue weighted by atomic mass is 19.3. The Kier molecular flexibility index (Phi) is 5.07. The monoisotopic (exact) mass is 394 g/mol. The second kappa shape index (κ2) is 7.39. The molecule has 0 bridgehead atoms. The van der Waals surface area contributed by atoms with Crippen molar-refractivity contribution in [2.24, 2.45) is 18.9 Å². The van der Waals surface area contributed by atoms with Crippen LogP contribution < -0.4 is 10.6 Å². The number of amides is 1. The zero-order valence-electron chi connectivity index (χ0n) is 15.8. The molecule has 152 valence electrons. The molecule has 0 aliphatic heterocycles. The summed E-state index contributed by atoms with van der Waals surface area (Å²) in [7, 11) is 1.74. The van der Waals surface area contributed by atoms with E-state index in [9.17, 15) is 18.0 Å². The first-order chi connectivity index (χ1) is 13.3. The molecule has 8 heteroatoms. The maximum Gasteiger partial charge on any atom is 0.254 e. The van der Waals surface area contributed by atoms with Crippen LogP contribution in [-0.4, -0.2) is 33.7 Å². The standard InChI is InChI=1S/C20H25F3N4O/c1-27-11-14(10-24-27)26-19(28)16-8-12(2-3-17(16)21)15-9-18(15)25-13-4-6-20(22,23)7-5-13/h2-3,10-13,15,18,25H,4-9H2,1H3,(H,26,28). The van der Waals surface area contributed by atoms with Crippen molar-refractivity contribution in [2.45, 2.75) is 56.5 Å². The second-order valence-corrected chi connectivity index (χ2v) is 8.21. The van der Waals surface area contributed by atoms with Crippen LogP contribution in [0.4, 0.5) is 18.9 Å². The van der Waals surface area contributed by atoms with E-state index in [-0.39, 0.29) is 36.4 Å². The number of nitrogens with zero attached hydrogens (tertiary/aromatic N) is 2. The van der Waals surface area contributed by atoms with Crippen molar-refractivity contribution in [1.29, 1.82) is 0 Å². The second-order valence-electron chi connectivity index (χ2n) is 8.21. The summed E-state index contributed by atoms with van der Waals surface area (Å²) in [5.41, 5.74) is 0.679. The van der Waals surface area contributed by atoms with E-state index in [0.717, 1.165) is 6.42 Å². The van der Waals surface area contributed by atoms with E-state index in [4.69, 9.17) is 0 Å². The van der Waals surface area contributed by atoms with Crippen molar-refractivity contribution in [3.8, 4) is 0 Å². The number of aryl methyl sites for hydroxylation is 1. The Morgan fingerprint density at radius 2 is 2.07 bits per heavy atom. The Morgan fingerprint density at radius 3 is 2.75 bits per heavy atom. The first-order valence-electron chi connectivity index (χ1n) is 9.81. The maximum atomic E-state index is 14.2. The van der Waals surface area contributed by atoms with Gasteiger partial charge in [-0.1, -0.05) is 6.08 Å². The Labute approximate surface area is 162 Å². The van der Waals surface area contributed by atoms with Crippen molar-refractivity contribution in [1.82, 2.24) is 15.1 Å². The van der Waals surface area contributed by atoms with Gasteiger partial charge in [0.25, 0.3) is 5.91 Å². The van der Waals surface area contributed by atoms with E-state index in [1.807, 2.05) is 6.08 Å². The van der Waals surface area contributed by atoms with Gasteiger partial charge >= 0.3 is 0 Å². The van der Waals surface area contributed by atoms with Gasteiger partial charge in [0.1, 0.15) is 5.83 Å². The Morgan fingerprint density at radius 1 is 1.32 bits per heavy atom. The summed E-state index contributed by atoms with van der Waals surface area (Å²) in [5.74, 6) is -3.08. The van der Waals surface area contributed by atoms with Crippen LogP contribution in [0.3, 0.4) is 0 Å². The number of carbonyl (C=O) groups is 1.